The molecule has 0 saturated carbocycles. The first-order chi connectivity index (χ1) is 8.79. The van der Waals surface area contributed by atoms with Gasteiger partial charge in [0.1, 0.15) is 6.33 Å². The molecule has 1 atom stereocenters. The molecule has 2 aromatic rings. The van der Waals surface area contributed by atoms with Crippen LogP contribution in [0.5, 0.6) is 0 Å². The van der Waals surface area contributed by atoms with Gasteiger partial charge in [0.05, 0.1) is 12.0 Å². The van der Waals surface area contributed by atoms with Gasteiger partial charge in [0, 0.05) is 30.2 Å². The summed E-state index contributed by atoms with van der Waals surface area (Å²) < 4.78 is 0. The van der Waals surface area contributed by atoms with Gasteiger partial charge in [-0.2, -0.15) is 0 Å². The first-order valence-corrected chi connectivity index (χ1v) is 6.16. The number of anilines is 1. The molecule has 0 fully saturated rings. The van der Waals surface area contributed by atoms with Crippen molar-refractivity contribution in [3.63, 3.8) is 0 Å². The molecule has 0 aliphatic carbocycles. The highest BCUT2D eigenvalue weighted by atomic mass is 35.5. The Kier molecular flexibility index (Phi) is 4.50. The van der Waals surface area contributed by atoms with Crippen LogP contribution in [0, 0.1) is 0 Å². The van der Waals surface area contributed by atoms with E-state index in [0.29, 0.717) is 6.54 Å². The molecule has 18 heavy (non-hydrogen) atoms. The molecule has 1 unspecified atom stereocenters. The number of aliphatic hydroxyl groups is 1. The SMILES string of the molecule is OC(CCl)CNc1ccc(-c2cncnc2)cc1. The van der Waals surface area contributed by atoms with Crippen molar-refractivity contribution >= 4 is 17.3 Å². The van der Waals surface area contributed by atoms with E-state index in [4.69, 9.17) is 11.6 Å². The van der Waals surface area contributed by atoms with Crippen molar-refractivity contribution < 1.29 is 5.11 Å². The van der Waals surface area contributed by atoms with E-state index in [1.54, 1.807) is 12.4 Å². The number of halogens is 1. The second-order valence-electron chi connectivity index (χ2n) is 3.89. The molecule has 94 valence electrons. The average molecular weight is 264 g/mol. The third-order valence-electron chi connectivity index (χ3n) is 2.50. The third kappa shape index (κ3) is 3.42. The van der Waals surface area contributed by atoms with E-state index in [1.165, 1.54) is 6.33 Å². The quantitative estimate of drug-likeness (QED) is 0.812. The molecule has 2 rings (SSSR count). The number of aliphatic hydroxyl groups excluding tert-OH is 1. The topological polar surface area (TPSA) is 58.0 Å². The summed E-state index contributed by atoms with van der Waals surface area (Å²) in [6.45, 7) is 0.442. The van der Waals surface area contributed by atoms with Crippen LogP contribution in [0.15, 0.2) is 43.0 Å². The van der Waals surface area contributed by atoms with Crippen LogP contribution in [-0.4, -0.2) is 33.6 Å². The van der Waals surface area contributed by atoms with Crippen LogP contribution in [0.25, 0.3) is 11.1 Å². The second kappa shape index (κ2) is 6.33. The maximum Gasteiger partial charge on any atom is 0.115 e. The summed E-state index contributed by atoms with van der Waals surface area (Å²) in [5.41, 5.74) is 2.98. The Bertz CT molecular complexity index is 475. The molecular weight excluding hydrogens is 250 g/mol. The Labute approximate surface area is 111 Å². The minimum absolute atomic E-state index is 0.229. The molecule has 0 aliphatic rings. The van der Waals surface area contributed by atoms with Gasteiger partial charge in [0.25, 0.3) is 0 Å². The van der Waals surface area contributed by atoms with Crippen LogP contribution in [0.3, 0.4) is 0 Å². The van der Waals surface area contributed by atoms with E-state index in [9.17, 15) is 5.11 Å². The molecule has 1 aromatic carbocycles. The maximum atomic E-state index is 9.34. The Hall–Kier alpha value is -1.65. The van der Waals surface area contributed by atoms with E-state index in [2.05, 4.69) is 15.3 Å². The zero-order valence-electron chi connectivity index (χ0n) is 9.75. The highest BCUT2D eigenvalue weighted by molar-refractivity contribution is 6.18. The average Bonchev–Trinajstić information content (AvgIpc) is 2.46. The van der Waals surface area contributed by atoms with Gasteiger partial charge in [-0.1, -0.05) is 12.1 Å². The van der Waals surface area contributed by atoms with Gasteiger partial charge >= 0.3 is 0 Å². The molecule has 0 amide bonds. The van der Waals surface area contributed by atoms with Gasteiger partial charge in [-0.25, -0.2) is 9.97 Å². The summed E-state index contributed by atoms with van der Waals surface area (Å²) in [6.07, 6.45) is 4.51. The summed E-state index contributed by atoms with van der Waals surface area (Å²) >= 11 is 5.52. The van der Waals surface area contributed by atoms with Gasteiger partial charge < -0.3 is 10.4 Å². The molecule has 0 saturated heterocycles. The fourth-order valence-electron chi connectivity index (χ4n) is 1.52. The minimum atomic E-state index is -0.533. The lowest BCUT2D eigenvalue weighted by Gasteiger charge is -2.10. The molecule has 1 heterocycles. The van der Waals surface area contributed by atoms with Crippen LogP contribution >= 0.6 is 11.6 Å². The zero-order valence-corrected chi connectivity index (χ0v) is 10.5. The predicted octanol–water partition coefficient (Wildman–Crippen LogP) is 2.16. The van der Waals surface area contributed by atoms with Gasteiger partial charge in [-0.3, -0.25) is 0 Å². The first kappa shape index (κ1) is 12.8. The molecule has 0 bridgehead atoms. The standard InChI is InChI=1S/C13H14ClN3O/c14-5-13(18)8-17-12-3-1-10(2-4-12)11-6-15-9-16-7-11/h1-4,6-7,9,13,17-18H,5,8H2. The number of aromatic nitrogens is 2. The van der Waals surface area contributed by atoms with Crippen LogP contribution < -0.4 is 5.32 Å². The van der Waals surface area contributed by atoms with Gasteiger partial charge in [0.2, 0.25) is 0 Å². The smallest absolute Gasteiger partial charge is 0.115 e. The van der Waals surface area contributed by atoms with Gasteiger partial charge in [-0.05, 0) is 17.7 Å². The van der Waals surface area contributed by atoms with E-state index in [0.717, 1.165) is 16.8 Å². The molecule has 0 spiro atoms. The third-order valence-corrected chi connectivity index (χ3v) is 2.85. The van der Waals surface area contributed by atoms with Crippen molar-refractivity contribution in [2.75, 3.05) is 17.7 Å². The highest BCUT2D eigenvalue weighted by Gasteiger charge is 2.02. The van der Waals surface area contributed by atoms with E-state index in [-0.39, 0.29) is 5.88 Å². The Morgan fingerprint density at radius 1 is 1.11 bits per heavy atom. The summed E-state index contributed by atoms with van der Waals surface area (Å²) in [5, 5.41) is 12.4. The number of hydrogen-bond acceptors (Lipinski definition) is 4. The van der Waals surface area contributed by atoms with Crippen molar-refractivity contribution in [1.82, 2.24) is 9.97 Å². The number of nitrogens with zero attached hydrogens (tertiary/aromatic N) is 2. The van der Waals surface area contributed by atoms with Crippen LogP contribution in [-0.2, 0) is 0 Å². The highest BCUT2D eigenvalue weighted by Crippen LogP contribution is 2.19. The zero-order chi connectivity index (χ0) is 12.8. The molecule has 0 radical (unpaired) electrons. The van der Waals surface area contributed by atoms with E-state index >= 15 is 0 Å². The van der Waals surface area contributed by atoms with Crippen molar-refractivity contribution in [1.29, 1.82) is 0 Å². The lowest BCUT2D eigenvalue weighted by Crippen LogP contribution is -2.20. The number of alkyl halides is 1. The van der Waals surface area contributed by atoms with Crippen LogP contribution in [0.2, 0.25) is 0 Å². The monoisotopic (exact) mass is 263 g/mol. The van der Waals surface area contributed by atoms with Crippen molar-refractivity contribution in [3.8, 4) is 11.1 Å². The summed E-state index contributed by atoms with van der Waals surface area (Å²) in [4.78, 5) is 7.96. The normalized spacial score (nSPS) is 12.1. The number of benzene rings is 1. The van der Waals surface area contributed by atoms with E-state index < -0.39 is 6.10 Å². The van der Waals surface area contributed by atoms with E-state index in [1.807, 2.05) is 24.3 Å². The number of rotatable bonds is 5. The molecular formula is C13H14ClN3O. The molecule has 2 N–H and O–H groups in total. The fraction of sp³-hybridized carbons (Fsp3) is 0.231. The van der Waals surface area contributed by atoms with Crippen molar-refractivity contribution in [2.24, 2.45) is 0 Å². The lowest BCUT2D eigenvalue weighted by molar-refractivity contribution is 0.211. The minimum Gasteiger partial charge on any atom is -0.390 e. The predicted molar refractivity (Wildman–Crippen MR) is 72.7 cm³/mol. The Morgan fingerprint density at radius 2 is 1.78 bits per heavy atom. The molecule has 5 heteroatoms. The number of hydrogen-bond donors (Lipinski definition) is 2. The molecule has 4 nitrogen and oxygen atoms in total. The van der Waals surface area contributed by atoms with Crippen LogP contribution in [0.4, 0.5) is 5.69 Å². The molecule has 1 aromatic heterocycles. The first-order valence-electron chi connectivity index (χ1n) is 5.63. The summed E-state index contributed by atoms with van der Waals surface area (Å²) in [6, 6.07) is 7.86. The second-order valence-corrected chi connectivity index (χ2v) is 4.20. The Morgan fingerprint density at radius 3 is 2.39 bits per heavy atom. The lowest BCUT2D eigenvalue weighted by atomic mass is 10.1. The Balaban J connectivity index is 2.02. The summed E-state index contributed by atoms with van der Waals surface area (Å²) in [5.74, 6) is 0.229. The van der Waals surface area contributed by atoms with Crippen LogP contribution in [0.1, 0.15) is 0 Å². The summed E-state index contributed by atoms with van der Waals surface area (Å²) in [7, 11) is 0. The van der Waals surface area contributed by atoms with Gasteiger partial charge in [0.15, 0.2) is 0 Å². The van der Waals surface area contributed by atoms with Crippen molar-refractivity contribution in [2.45, 2.75) is 6.10 Å². The fourth-order valence-corrected chi connectivity index (χ4v) is 1.63. The van der Waals surface area contributed by atoms with Gasteiger partial charge in [-0.15, -0.1) is 11.6 Å². The van der Waals surface area contributed by atoms with Crippen molar-refractivity contribution in [3.05, 3.63) is 43.0 Å². The number of nitrogens with one attached hydrogen (secondary N) is 1. The maximum absolute atomic E-state index is 9.34. The molecule has 0 aliphatic heterocycles. The largest absolute Gasteiger partial charge is 0.390 e.